The fraction of sp³-hybridized carbons (Fsp3) is 0.625. The fourth-order valence-corrected chi connectivity index (χ4v) is 6.02. The van der Waals surface area contributed by atoms with Crippen LogP contribution in [0.5, 0.6) is 0 Å². The van der Waals surface area contributed by atoms with Gasteiger partial charge in [0.2, 0.25) is 53.2 Å². The van der Waals surface area contributed by atoms with Crippen LogP contribution in [0.1, 0.15) is 77.6 Å². The molecule has 0 aliphatic carbocycles. The highest BCUT2D eigenvalue weighted by Gasteiger charge is 2.39. The van der Waals surface area contributed by atoms with E-state index in [0.717, 1.165) is 0 Å². The molecule has 27 nitrogen and oxygen atoms in total. The zero-order valence-electron chi connectivity index (χ0n) is 39.3. The van der Waals surface area contributed by atoms with E-state index in [1.165, 1.54) is 38.3 Å². The average molecular weight is 1060 g/mol. The van der Waals surface area contributed by atoms with Crippen LogP contribution in [0.25, 0.3) is 10.4 Å². The first-order chi connectivity index (χ1) is 34.0. The first-order valence-electron chi connectivity index (χ1n) is 22.0. The Kier molecular flexibility index (Phi) is 29.7. The van der Waals surface area contributed by atoms with Crippen LogP contribution in [0.15, 0.2) is 29.4 Å². The average Bonchev–Trinajstić information content (AvgIpc) is 3.30. The maximum atomic E-state index is 13.8. The molecule has 16 N–H and O–H groups in total. The highest BCUT2D eigenvalue weighted by atomic mass is 19.4. The van der Waals surface area contributed by atoms with Gasteiger partial charge in [-0.05, 0) is 83.3 Å². The first kappa shape index (κ1) is 65.5. The van der Waals surface area contributed by atoms with Crippen LogP contribution in [0.2, 0.25) is 0 Å². The fourth-order valence-electron chi connectivity index (χ4n) is 6.02. The largest absolute Gasteiger partial charge is 0.490 e. The van der Waals surface area contributed by atoms with E-state index in [1.807, 2.05) is 0 Å². The van der Waals surface area contributed by atoms with E-state index in [-0.39, 0.29) is 38.5 Å². The number of nitrogens with zero attached hydrogens (tertiary/aromatic N) is 3. The Morgan fingerprint density at radius 2 is 1.19 bits per heavy atom. The standard InChI is InChI=1S/C36H58N14O9.2C2HF3O2/c1-20-29(52)43-23-12-4-6-13-24(33(56)44-21(30(53)41-2)15-7-9-17-37)47-36(59)27(19-28(39)51)48-34(57)25(45-32(23)55)14-5-3-11-22(31(54)42-20)46-35(58)26(49-50-40)16-8-10-18-38;2*3-2(4,5)1(6)7/h3-6,20-27H,7-19,37-38H2,1-2H3,(H2,39,51)(H,41,53)(H,42,54)(H,43,52)(H,44,56)(H,45,55)(H,46,58)(H,47,59)(H,48,57);2*(H,6,7)/b5-3+,6-4+;;/t20-,21-,22+,23+,24-,25-,26-,27-;;/m0../s1. The minimum Gasteiger partial charge on any atom is -0.475 e. The molecule has 0 unspecified atom stereocenters. The molecule has 33 heteroatoms. The summed E-state index contributed by atoms with van der Waals surface area (Å²) < 4.78 is 63.5. The van der Waals surface area contributed by atoms with E-state index in [0.29, 0.717) is 38.8 Å². The second-order valence-corrected chi connectivity index (χ2v) is 15.7. The van der Waals surface area contributed by atoms with Gasteiger partial charge in [-0.15, -0.1) is 0 Å². The number of hydrogen-bond acceptors (Lipinski definition) is 14. The predicted octanol–water partition coefficient (Wildman–Crippen LogP) is -2.08. The molecular weight excluding hydrogens is 999 g/mol. The van der Waals surface area contributed by atoms with Crippen LogP contribution >= 0.6 is 0 Å². The molecule has 2 aliphatic heterocycles. The van der Waals surface area contributed by atoms with Gasteiger partial charge in [0.05, 0.1) is 6.42 Å². The maximum Gasteiger partial charge on any atom is 0.490 e. The van der Waals surface area contributed by atoms with Crippen LogP contribution in [-0.2, 0) is 52.7 Å². The predicted molar refractivity (Wildman–Crippen MR) is 240 cm³/mol. The molecule has 2 aliphatic rings. The first-order valence-corrected chi connectivity index (χ1v) is 22.0. The van der Waals surface area contributed by atoms with Gasteiger partial charge in [0.15, 0.2) is 0 Å². The van der Waals surface area contributed by atoms with Crippen molar-refractivity contribution in [2.24, 2.45) is 22.3 Å². The van der Waals surface area contributed by atoms with Gasteiger partial charge in [0, 0.05) is 12.0 Å². The number of fused-ring (bicyclic) bond motifs is 3. The molecule has 2 heterocycles. The number of azide groups is 1. The lowest BCUT2D eigenvalue weighted by molar-refractivity contribution is -0.193. The number of amides is 9. The summed E-state index contributed by atoms with van der Waals surface area (Å²) in [5.74, 6) is -12.8. The van der Waals surface area contributed by atoms with Crippen molar-refractivity contribution in [3.63, 3.8) is 0 Å². The van der Waals surface area contributed by atoms with Crippen LogP contribution in [0, 0.1) is 0 Å². The number of nitrogens with two attached hydrogens (primary N) is 3. The Morgan fingerprint density at radius 1 is 0.712 bits per heavy atom. The van der Waals surface area contributed by atoms with E-state index in [2.05, 4.69) is 52.6 Å². The number of primary amides is 1. The zero-order chi connectivity index (χ0) is 56.1. The van der Waals surface area contributed by atoms with E-state index in [9.17, 15) is 69.5 Å². The Bertz CT molecular complexity index is 2030. The smallest absolute Gasteiger partial charge is 0.475 e. The van der Waals surface area contributed by atoms with Gasteiger partial charge in [-0.3, -0.25) is 43.2 Å². The third kappa shape index (κ3) is 26.5. The van der Waals surface area contributed by atoms with Crippen molar-refractivity contribution in [3.8, 4) is 0 Å². The molecule has 0 aromatic heterocycles. The molecule has 0 radical (unpaired) electrons. The van der Waals surface area contributed by atoms with Crippen LogP contribution < -0.4 is 59.7 Å². The summed E-state index contributed by atoms with van der Waals surface area (Å²) in [5.41, 5.74) is 25.6. The molecular formula is C40H60F6N14O13. The minimum atomic E-state index is -5.08. The molecule has 0 aromatic rings. The molecule has 8 atom stereocenters. The number of hydrogen-bond donors (Lipinski definition) is 13. The number of carboxylic acids is 2. The number of aliphatic carboxylic acids is 2. The molecule has 0 aromatic carbocycles. The summed E-state index contributed by atoms with van der Waals surface area (Å²) in [6.07, 6.45) is -3.30. The van der Waals surface area contributed by atoms with Crippen molar-refractivity contribution in [2.75, 3.05) is 20.1 Å². The summed E-state index contributed by atoms with van der Waals surface area (Å²) in [6, 6.07) is -10.4. The SMILES string of the molecule is CNC(=O)[C@H](CCCCN)NC(=O)[C@@H]1C/C=C/C[C@H]2NC(=O)[C@H](C)NC(=O)[C@H](NC(=O)[C@H](CCCCN)N=[N+]=[N-])C/C=C/C[C@H](NC2=O)C(=O)N[C@@H](CC(N)=O)C(=O)N1.O=C(O)C(F)(F)F.O=C(O)C(F)(F)F. The monoisotopic (exact) mass is 1060 g/mol. The highest BCUT2D eigenvalue weighted by Crippen LogP contribution is 2.15. The highest BCUT2D eigenvalue weighted by molar-refractivity contribution is 5.99. The van der Waals surface area contributed by atoms with Crippen molar-refractivity contribution >= 4 is 65.1 Å². The third-order valence-corrected chi connectivity index (χ3v) is 9.88. The van der Waals surface area contributed by atoms with E-state index >= 15 is 0 Å². The number of nitrogens with one attached hydrogen (secondary N) is 8. The summed E-state index contributed by atoms with van der Waals surface area (Å²) in [4.78, 5) is 140. The van der Waals surface area contributed by atoms with Crippen molar-refractivity contribution in [1.29, 1.82) is 0 Å². The Labute approximate surface area is 412 Å². The Hall–Kier alpha value is -7.54. The number of alkyl halides is 6. The van der Waals surface area contributed by atoms with E-state index in [4.69, 9.17) is 42.5 Å². The summed E-state index contributed by atoms with van der Waals surface area (Å²) in [5, 5.41) is 38.0. The number of halogens is 6. The topological polar surface area (TPSA) is 451 Å². The number of carbonyl (C=O) groups is 11. The number of likely N-dealkylation sites (N-methyl/N-ethyl adjacent to an activating group) is 1. The lowest BCUT2D eigenvalue weighted by Gasteiger charge is -2.27. The van der Waals surface area contributed by atoms with Gasteiger partial charge >= 0.3 is 24.3 Å². The van der Waals surface area contributed by atoms with Gasteiger partial charge in [-0.25, -0.2) is 9.59 Å². The Morgan fingerprint density at radius 3 is 1.67 bits per heavy atom. The molecule has 0 fully saturated rings. The molecule has 0 saturated heterocycles. The molecule has 0 spiro atoms. The van der Waals surface area contributed by atoms with E-state index in [1.54, 1.807) is 0 Å². The molecule has 73 heavy (non-hydrogen) atoms. The molecule has 410 valence electrons. The lowest BCUT2D eigenvalue weighted by Crippen LogP contribution is -2.60. The lowest BCUT2D eigenvalue weighted by atomic mass is 10.0. The quantitative estimate of drug-likeness (QED) is 0.0197. The normalized spacial score (nSPS) is 22.6. The third-order valence-electron chi connectivity index (χ3n) is 9.88. The summed E-state index contributed by atoms with van der Waals surface area (Å²) in [7, 11) is 1.40. The van der Waals surface area contributed by atoms with Gasteiger partial charge in [-0.2, -0.15) is 26.3 Å². The molecule has 9 amide bonds. The maximum absolute atomic E-state index is 13.8. The van der Waals surface area contributed by atoms with Crippen LogP contribution in [-0.4, -0.2) is 156 Å². The summed E-state index contributed by atoms with van der Waals surface area (Å²) >= 11 is 0. The number of carbonyl (C=O) groups excluding carboxylic acids is 9. The van der Waals surface area contributed by atoms with E-state index < -0.39 is 132 Å². The van der Waals surface area contributed by atoms with Gasteiger partial charge in [0.1, 0.15) is 48.3 Å². The Balaban J connectivity index is 0.00000322. The van der Waals surface area contributed by atoms with Crippen molar-refractivity contribution in [2.45, 2.75) is 138 Å². The van der Waals surface area contributed by atoms with Crippen molar-refractivity contribution in [1.82, 2.24) is 42.5 Å². The number of carboxylic acid groups (broad SMARTS) is 2. The second-order valence-electron chi connectivity index (χ2n) is 15.7. The van der Waals surface area contributed by atoms with Gasteiger partial charge in [0.25, 0.3) is 0 Å². The van der Waals surface area contributed by atoms with Crippen LogP contribution in [0.3, 0.4) is 0 Å². The molecule has 2 rings (SSSR count). The van der Waals surface area contributed by atoms with Gasteiger partial charge < -0.3 is 69.9 Å². The second kappa shape index (κ2) is 33.2. The van der Waals surface area contributed by atoms with Gasteiger partial charge in [-0.1, -0.05) is 35.8 Å². The number of unbranched alkanes of at least 4 members (excludes halogenated alkanes) is 2. The minimum absolute atomic E-state index is 0.165. The van der Waals surface area contributed by atoms with Crippen molar-refractivity contribution in [3.05, 3.63) is 34.7 Å². The summed E-state index contributed by atoms with van der Waals surface area (Å²) in [6.45, 7) is 2.07. The van der Waals surface area contributed by atoms with Crippen molar-refractivity contribution < 1.29 is 89.3 Å². The van der Waals surface area contributed by atoms with Crippen LogP contribution in [0.4, 0.5) is 26.3 Å². The number of rotatable bonds is 16. The zero-order valence-corrected chi connectivity index (χ0v) is 39.3. The molecule has 2 bridgehead atoms. The molecule has 0 saturated carbocycles.